The Morgan fingerprint density at radius 2 is 1.06 bits per heavy atom. The van der Waals surface area contributed by atoms with Gasteiger partial charge >= 0.3 is 0 Å². The van der Waals surface area contributed by atoms with E-state index in [4.69, 9.17) is 0 Å². The van der Waals surface area contributed by atoms with Crippen LogP contribution in [0.15, 0.2) is 79.4 Å². The molecule has 0 amide bonds. The van der Waals surface area contributed by atoms with Gasteiger partial charge < -0.3 is 9.13 Å². The van der Waals surface area contributed by atoms with Gasteiger partial charge in [0.05, 0.1) is 0 Å². The van der Waals surface area contributed by atoms with Crippen molar-refractivity contribution in [3.63, 3.8) is 0 Å². The molecule has 0 fully saturated rings. The molecular weight excluding hydrogens is 208 g/mol. The third kappa shape index (κ3) is 1.89. The molecule has 0 radical (unpaired) electrons. The largest absolute Gasteiger partial charge is 0.329 e. The van der Waals surface area contributed by atoms with Crippen LogP contribution in [0.5, 0.6) is 0 Å². The van der Waals surface area contributed by atoms with Gasteiger partial charge in [0.1, 0.15) is 6.17 Å². The van der Waals surface area contributed by atoms with E-state index in [1.54, 1.807) is 0 Å². The minimum Gasteiger partial charge on any atom is -0.329 e. The van der Waals surface area contributed by atoms with Crippen LogP contribution in [0.25, 0.3) is 0 Å². The minimum atomic E-state index is 0.196. The van der Waals surface area contributed by atoms with Crippen LogP contribution in [0.2, 0.25) is 0 Å². The highest BCUT2D eigenvalue weighted by Crippen LogP contribution is 2.20. The molecule has 2 nitrogen and oxygen atoms in total. The zero-order valence-corrected chi connectivity index (χ0v) is 9.48. The van der Waals surface area contributed by atoms with E-state index in [1.807, 2.05) is 6.07 Å². The van der Waals surface area contributed by atoms with E-state index in [0.29, 0.717) is 0 Å². The molecule has 0 atom stereocenters. The maximum atomic E-state index is 2.20. The van der Waals surface area contributed by atoms with Gasteiger partial charge in [-0.15, -0.1) is 0 Å². The Labute approximate surface area is 101 Å². The molecule has 17 heavy (non-hydrogen) atoms. The Hall–Kier alpha value is -2.22. The summed E-state index contributed by atoms with van der Waals surface area (Å²) in [5.74, 6) is 0. The van der Waals surface area contributed by atoms with Gasteiger partial charge in [-0.25, -0.2) is 0 Å². The van der Waals surface area contributed by atoms with Crippen molar-refractivity contribution in [2.75, 3.05) is 0 Å². The normalized spacial score (nSPS) is 10.9. The molecule has 2 heterocycles. The Kier molecular flexibility index (Phi) is 2.54. The van der Waals surface area contributed by atoms with Crippen LogP contribution >= 0.6 is 0 Å². The van der Waals surface area contributed by atoms with E-state index < -0.39 is 0 Å². The van der Waals surface area contributed by atoms with Gasteiger partial charge in [0.15, 0.2) is 0 Å². The summed E-state index contributed by atoms with van der Waals surface area (Å²) in [5.41, 5.74) is 1.28. The van der Waals surface area contributed by atoms with Gasteiger partial charge in [0.25, 0.3) is 0 Å². The zero-order chi connectivity index (χ0) is 11.5. The topological polar surface area (TPSA) is 9.86 Å². The van der Waals surface area contributed by atoms with Crippen molar-refractivity contribution < 1.29 is 0 Å². The summed E-state index contributed by atoms with van der Waals surface area (Å²) in [6, 6.07) is 18.7. The van der Waals surface area contributed by atoms with Crippen molar-refractivity contribution in [3.8, 4) is 0 Å². The summed E-state index contributed by atoms with van der Waals surface area (Å²) < 4.78 is 4.41. The Morgan fingerprint density at radius 1 is 0.588 bits per heavy atom. The first-order valence-corrected chi connectivity index (χ1v) is 5.75. The molecule has 2 heteroatoms. The lowest BCUT2D eigenvalue weighted by atomic mass is 10.1. The molecule has 0 saturated heterocycles. The third-order valence-electron chi connectivity index (χ3n) is 2.92. The molecule has 0 unspecified atom stereocenters. The van der Waals surface area contributed by atoms with Crippen LogP contribution in [0.4, 0.5) is 0 Å². The fourth-order valence-corrected chi connectivity index (χ4v) is 2.15. The highest BCUT2D eigenvalue weighted by molar-refractivity contribution is 5.21. The molecule has 0 spiro atoms. The summed E-state index contributed by atoms with van der Waals surface area (Å²) in [6.45, 7) is 0. The Balaban J connectivity index is 2.10. The number of rotatable bonds is 3. The number of nitrogens with zero attached hydrogens (tertiary/aromatic N) is 2. The van der Waals surface area contributed by atoms with Gasteiger partial charge in [0, 0.05) is 24.8 Å². The van der Waals surface area contributed by atoms with Crippen molar-refractivity contribution >= 4 is 0 Å². The number of benzene rings is 1. The van der Waals surface area contributed by atoms with Crippen molar-refractivity contribution in [1.82, 2.24) is 9.13 Å². The maximum Gasteiger partial charge on any atom is 0.135 e. The second-order valence-electron chi connectivity index (χ2n) is 4.04. The number of hydrogen-bond donors (Lipinski definition) is 0. The van der Waals surface area contributed by atoms with E-state index in [2.05, 4.69) is 82.5 Å². The highest BCUT2D eigenvalue weighted by Gasteiger charge is 2.12. The lowest BCUT2D eigenvalue weighted by Crippen LogP contribution is -2.16. The standard InChI is InChI=1S/C15H14N2/c1-2-8-14(9-3-1)15(16-10-4-5-11-16)17-12-6-7-13-17/h1-13,15H. The van der Waals surface area contributed by atoms with Gasteiger partial charge in [-0.3, -0.25) is 0 Å². The van der Waals surface area contributed by atoms with Crippen molar-refractivity contribution in [2.24, 2.45) is 0 Å². The summed E-state index contributed by atoms with van der Waals surface area (Å²) in [7, 11) is 0. The molecule has 0 bridgehead atoms. The summed E-state index contributed by atoms with van der Waals surface area (Å²) >= 11 is 0. The fourth-order valence-electron chi connectivity index (χ4n) is 2.15. The van der Waals surface area contributed by atoms with E-state index in [9.17, 15) is 0 Å². The van der Waals surface area contributed by atoms with E-state index in [1.165, 1.54) is 5.56 Å². The Bertz CT molecular complexity index is 516. The van der Waals surface area contributed by atoms with Gasteiger partial charge in [-0.05, 0) is 29.8 Å². The van der Waals surface area contributed by atoms with Crippen molar-refractivity contribution in [2.45, 2.75) is 6.17 Å². The van der Waals surface area contributed by atoms with Crippen LogP contribution in [0.3, 0.4) is 0 Å². The maximum absolute atomic E-state index is 2.20. The van der Waals surface area contributed by atoms with Crippen LogP contribution in [-0.4, -0.2) is 9.13 Å². The first kappa shape index (κ1) is 9.97. The summed E-state index contributed by atoms with van der Waals surface area (Å²) in [6.07, 6.45) is 8.58. The predicted molar refractivity (Wildman–Crippen MR) is 68.8 cm³/mol. The lowest BCUT2D eigenvalue weighted by Gasteiger charge is -2.21. The molecule has 0 saturated carbocycles. The second kappa shape index (κ2) is 4.34. The van der Waals surface area contributed by atoms with Crippen LogP contribution in [-0.2, 0) is 0 Å². The third-order valence-corrected chi connectivity index (χ3v) is 2.92. The first-order valence-electron chi connectivity index (χ1n) is 5.75. The zero-order valence-electron chi connectivity index (χ0n) is 9.48. The molecule has 0 aliphatic rings. The Morgan fingerprint density at radius 3 is 1.53 bits per heavy atom. The average Bonchev–Trinajstić information content (AvgIpc) is 3.04. The lowest BCUT2D eigenvalue weighted by molar-refractivity contribution is 0.507. The fraction of sp³-hybridized carbons (Fsp3) is 0.0667. The quantitative estimate of drug-likeness (QED) is 0.643. The summed E-state index contributed by atoms with van der Waals surface area (Å²) in [5, 5.41) is 0. The molecule has 1 aromatic carbocycles. The molecule has 0 aliphatic carbocycles. The molecule has 2 aromatic heterocycles. The second-order valence-corrected chi connectivity index (χ2v) is 4.04. The van der Waals surface area contributed by atoms with E-state index in [0.717, 1.165) is 0 Å². The smallest absolute Gasteiger partial charge is 0.135 e. The van der Waals surface area contributed by atoms with Crippen LogP contribution in [0, 0.1) is 0 Å². The van der Waals surface area contributed by atoms with Gasteiger partial charge in [0.2, 0.25) is 0 Å². The van der Waals surface area contributed by atoms with Crippen LogP contribution in [0.1, 0.15) is 11.7 Å². The highest BCUT2D eigenvalue weighted by atomic mass is 15.2. The minimum absolute atomic E-state index is 0.196. The van der Waals surface area contributed by atoms with Crippen molar-refractivity contribution in [1.29, 1.82) is 0 Å². The SMILES string of the molecule is c1ccc(C(n2cccc2)n2cccc2)cc1. The van der Waals surface area contributed by atoms with Crippen molar-refractivity contribution in [3.05, 3.63) is 84.9 Å². The average molecular weight is 222 g/mol. The summed E-state index contributed by atoms with van der Waals surface area (Å²) in [4.78, 5) is 0. The predicted octanol–water partition coefficient (Wildman–Crippen LogP) is 3.38. The molecule has 84 valence electrons. The molecule has 0 aliphatic heterocycles. The van der Waals surface area contributed by atoms with Gasteiger partial charge in [-0.2, -0.15) is 0 Å². The van der Waals surface area contributed by atoms with E-state index >= 15 is 0 Å². The monoisotopic (exact) mass is 222 g/mol. The molecule has 0 N–H and O–H groups in total. The first-order chi connectivity index (χ1) is 8.45. The molecule has 3 aromatic rings. The molecule has 3 rings (SSSR count). The van der Waals surface area contributed by atoms with Gasteiger partial charge in [-0.1, -0.05) is 30.3 Å². The van der Waals surface area contributed by atoms with E-state index in [-0.39, 0.29) is 6.17 Å². The number of aromatic nitrogens is 2. The number of hydrogen-bond acceptors (Lipinski definition) is 0. The van der Waals surface area contributed by atoms with Crippen LogP contribution < -0.4 is 0 Å². The molecular formula is C15H14N2.